The molecule has 1 aromatic carbocycles. The first-order valence-corrected chi connectivity index (χ1v) is 5.71. The van der Waals surface area contributed by atoms with Gasteiger partial charge in [0.15, 0.2) is 5.11 Å². The Kier molecular flexibility index (Phi) is 4.42. The Balaban J connectivity index is 2.65. The first-order valence-electron chi connectivity index (χ1n) is 5.30. The molecule has 3 N–H and O–H groups in total. The predicted molar refractivity (Wildman–Crippen MR) is 71.7 cm³/mol. The van der Waals surface area contributed by atoms with Gasteiger partial charge in [0.05, 0.1) is 12.1 Å². The molecule has 5 heteroatoms. The minimum absolute atomic E-state index is 0.0446. The van der Waals surface area contributed by atoms with Crippen LogP contribution in [0.4, 0.5) is 10.1 Å². The normalized spacial score (nSPS) is 11.1. The average molecular weight is 256 g/mol. The molecule has 1 rings (SSSR count). The number of aryl methyl sites for hydroxylation is 1. The number of thiocarbonyl (C=S) groups is 1. The predicted octanol–water partition coefficient (Wildman–Crippen LogP) is 2.19. The first-order chi connectivity index (χ1) is 7.84. The van der Waals surface area contributed by atoms with Gasteiger partial charge in [-0.05, 0) is 50.7 Å². The zero-order valence-corrected chi connectivity index (χ0v) is 11.0. The summed E-state index contributed by atoms with van der Waals surface area (Å²) in [5.74, 6) is -0.279. The van der Waals surface area contributed by atoms with Gasteiger partial charge in [0.25, 0.3) is 0 Å². The number of aliphatic hydroxyl groups is 1. The maximum absolute atomic E-state index is 13.3. The minimum atomic E-state index is -0.507. The monoisotopic (exact) mass is 256 g/mol. The second-order valence-electron chi connectivity index (χ2n) is 4.59. The molecule has 0 aliphatic carbocycles. The highest BCUT2D eigenvalue weighted by Gasteiger charge is 2.16. The average Bonchev–Trinajstić information content (AvgIpc) is 2.23. The molecule has 0 saturated carbocycles. The molecule has 0 aliphatic heterocycles. The molecule has 0 radical (unpaired) electrons. The van der Waals surface area contributed by atoms with Crippen molar-refractivity contribution in [3.05, 3.63) is 29.6 Å². The van der Waals surface area contributed by atoms with E-state index in [0.717, 1.165) is 0 Å². The van der Waals surface area contributed by atoms with Gasteiger partial charge in [-0.25, -0.2) is 4.39 Å². The lowest BCUT2D eigenvalue weighted by molar-refractivity contribution is 0.207. The van der Waals surface area contributed by atoms with Crippen LogP contribution >= 0.6 is 12.2 Å². The third kappa shape index (κ3) is 4.28. The fourth-order valence-corrected chi connectivity index (χ4v) is 1.57. The molecule has 0 unspecified atom stereocenters. The van der Waals surface area contributed by atoms with Crippen LogP contribution in [-0.4, -0.2) is 22.4 Å². The van der Waals surface area contributed by atoms with Crippen molar-refractivity contribution in [2.75, 3.05) is 11.9 Å². The van der Waals surface area contributed by atoms with Crippen molar-refractivity contribution in [1.82, 2.24) is 5.32 Å². The lowest BCUT2D eigenvalue weighted by atomic mass is 10.1. The maximum atomic E-state index is 13.3. The van der Waals surface area contributed by atoms with E-state index in [2.05, 4.69) is 10.6 Å². The summed E-state index contributed by atoms with van der Waals surface area (Å²) in [7, 11) is 0. The summed E-state index contributed by atoms with van der Waals surface area (Å²) in [6.45, 7) is 5.29. The molecule has 0 atom stereocenters. The summed E-state index contributed by atoms with van der Waals surface area (Å²) >= 11 is 5.07. The van der Waals surface area contributed by atoms with Crippen molar-refractivity contribution in [3.63, 3.8) is 0 Å². The Labute approximate surface area is 106 Å². The van der Waals surface area contributed by atoms with Gasteiger partial charge < -0.3 is 15.7 Å². The van der Waals surface area contributed by atoms with E-state index in [0.29, 0.717) is 16.4 Å². The van der Waals surface area contributed by atoms with E-state index in [1.165, 1.54) is 6.07 Å². The number of rotatable bonds is 3. The highest BCUT2D eigenvalue weighted by molar-refractivity contribution is 7.80. The minimum Gasteiger partial charge on any atom is -0.394 e. The van der Waals surface area contributed by atoms with Crippen LogP contribution < -0.4 is 10.6 Å². The topological polar surface area (TPSA) is 44.3 Å². The number of halogens is 1. The summed E-state index contributed by atoms with van der Waals surface area (Å²) in [5.41, 5.74) is 0.664. The van der Waals surface area contributed by atoms with Crippen molar-refractivity contribution < 1.29 is 9.50 Å². The summed E-state index contributed by atoms with van der Waals surface area (Å²) < 4.78 is 13.3. The molecule has 1 aromatic rings. The number of nitrogens with one attached hydrogen (secondary N) is 2. The zero-order chi connectivity index (χ0) is 13.1. The molecule has 0 bridgehead atoms. The Hall–Kier alpha value is -1.20. The zero-order valence-electron chi connectivity index (χ0n) is 10.2. The van der Waals surface area contributed by atoms with E-state index < -0.39 is 5.54 Å². The van der Waals surface area contributed by atoms with Gasteiger partial charge in [-0.3, -0.25) is 0 Å². The van der Waals surface area contributed by atoms with Gasteiger partial charge in [-0.1, -0.05) is 6.07 Å². The van der Waals surface area contributed by atoms with Crippen molar-refractivity contribution in [1.29, 1.82) is 0 Å². The third-order valence-electron chi connectivity index (χ3n) is 2.28. The Morgan fingerprint density at radius 2 is 2.12 bits per heavy atom. The molecule has 0 aromatic heterocycles. The van der Waals surface area contributed by atoms with Crippen LogP contribution in [0.3, 0.4) is 0 Å². The Morgan fingerprint density at radius 1 is 1.47 bits per heavy atom. The number of benzene rings is 1. The van der Waals surface area contributed by atoms with Crippen LogP contribution in [-0.2, 0) is 0 Å². The van der Waals surface area contributed by atoms with Crippen molar-refractivity contribution in [2.24, 2.45) is 0 Å². The smallest absolute Gasteiger partial charge is 0.171 e. The molecule has 0 aliphatic rings. The Morgan fingerprint density at radius 3 is 2.65 bits per heavy atom. The van der Waals surface area contributed by atoms with E-state index in [4.69, 9.17) is 17.3 Å². The SMILES string of the molecule is Cc1ccc(NC(=S)NC(C)(C)CO)cc1F. The number of hydrogen-bond donors (Lipinski definition) is 3. The van der Waals surface area contributed by atoms with Crippen LogP contribution in [0.1, 0.15) is 19.4 Å². The second kappa shape index (κ2) is 5.42. The van der Waals surface area contributed by atoms with Crippen molar-refractivity contribution >= 4 is 23.0 Å². The highest BCUT2D eigenvalue weighted by atomic mass is 32.1. The molecule has 0 spiro atoms. The standard InChI is InChI=1S/C12H17FN2OS/c1-8-4-5-9(6-10(8)13)14-11(17)15-12(2,3)7-16/h4-6,16H,7H2,1-3H3,(H2,14,15,17). The summed E-state index contributed by atoms with van der Waals surface area (Å²) in [5, 5.41) is 15.2. The van der Waals surface area contributed by atoms with E-state index in [-0.39, 0.29) is 12.4 Å². The molecule has 0 amide bonds. The fraction of sp³-hybridized carbons (Fsp3) is 0.417. The largest absolute Gasteiger partial charge is 0.394 e. The molecule has 3 nitrogen and oxygen atoms in total. The number of aliphatic hydroxyl groups excluding tert-OH is 1. The van der Waals surface area contributed by atoms with Gasteiger partial charge >= 0.3 is 0 Å². The quantitative estimate of drug-likeness (QED) is 0.725. The van der Waals surface area contributed by atoms with Gasteiger partial charge in [0.2, 0.25) is 0 Å². The molecule has 17 heavy (non-hydrogen) atoms. The van der Waals surface area contributed by atoms with E-state index in [9.17, 15) is 4.39 Å². The Bertz CT molecular complexity index is 421. The summed E-state index contributed by atoms with van der Waals surface area (Å²) in [4.78, 5) is 0. The van der Waals surface area contributed by atoms with Gasteiger partial charge in [-0.15, -0.1) is 0 Å². The lowest BCUT2D eigenvalue weighted by Gasteiger charge is -2.25. The van der Waals surface area contributed by atoms with Crippen molar-refractivity contribution in [3.8, 4) is 0 Å². The van der Waals surface area contributed by atoms with Crippen LogP contribution in [0.25, 0.3) is 0 Å². The highest BCUT2D eigenvalue weighted by Crippen LogP contribution is 2.13. The molecule has 0 fully saturated rings. The second-order valence-corrected chi connectivity index (χ2v) is 4.99. The van der Waals surface area contributed by atoms with E-state index in [1.807, 2.05) is 13.8 Å². The van der Waals surface area contributed by atoms with Crippen LogP contribution in [0.5, 0.6) is 0 Å². The van der Waals surface area contributed by atoms with Crippen LogP contribution in [0.15, 0.2) is 18.2 Å². The first kappa shape index (κ1) is 13.9. The number of hydrogen-bond acceptors (Lipinski definition) is 2. The molecule has 0 saturated heterocycles. The van der Waals surface area contributed by atoms with Gasteiger partial charge in [0.1, 0.15) is 5.82 Å². The maximum Gasteiger partial charge on any atom is 0.171 e. The summed E-state index contributed by atoms with van der Waals surface area (Å²) in [6, 6.07) is 4.81. The summed E-state index contributed by atoms with van der Waals surface area (Å²) in [6.07, 6.45) is 0. The number of anilines is 1. The van der Waals surface area contributed by atoms with E-state index >= 15 is 0 Å². The van der Waals surface area contributed by atoms with E-state index in [1.54, 1.807) is 19.1 Å². The molecule has 94 valence electrons. The van der Waals surface area contributed by atoms with Crippen LogP contribution in [0.2, 0.25) is 0 Å². The third-order valence-corrected chi connectivity index (χ3v) is 2.48. The molecule has 0 heterocycles. The van der Waals surface area contributed by atoms with Gasteiger partial charge in [-0.2, -0.15) is 0 Å². The van der Waals surface area contributed by atoms with Gasteiger partial charge in [0, 0.05) is 5.69 Å². The fourth-order valence-electron chi connectivity index (χ4n) is 1.18. The lowest BCUT2D eigenvalue weighted by Crippen LogP contribution is -2.47. The molecular formula is C12H17FN2OS. The molecular weight excluding hydrogens is 239 g/mol. The van der Waals surface area contributed by atoms with Crippen LogP contribution in [0, 0.1) is 12.7 Å². The van der Waals surface area contributed by atoms with Crippen molar-refractivity contribution in [2.45, 2.75) is 26.3 Å².